The third-order valence-electron chi connectivity index (χ3n) is 2.97. The van der Waals surface area contributed by atoms with Gasteiger partial charge in [-0.2, -0.15) is 12.6 Å². The van der Waals surface area contributed by atoms with E-state index < -0.39 is 0 Å². The Hall–Kier alpha value is -0.180. The first kappa shape index (κ1) is 10.9. The molecule has 76 valence electrons. The highest BCUT2D eigenvalue weighted by molar-refractivity contribution is 7.81. The predicted octanol–water partition coefficient (Wildman–Crippen LogP) is 1.81. The van der Waals surface area contributed by atoms with Crippen molar-refractivity contribution in [3.8, 4) is 0 Å². The number of amides is 1. The van der Waals surface area contributed by atoms with Crippen LogP contribution in [0.3, 0.4) is 0 Å². The Morgan fingerprint density at radius 1 is 1.46 bits per heavy atom. The minimum atomic E-state index is 0.186. The molecule has 1 aliphatic heterocycles. The number of piperidine rings is 1. The van der Waals surface area contributed by atoms with Crippen LogP contribution >= 0.6 is 12.6 Å². The molecule has 1 heterocycles. The molecule has 1 aliphatic rings. The topological polar surface area (TPSA) is 20.3 Å². The van der Waals surface area contributed by atoms with Crippen LogP contribution in [-0.2, 0) is 4.79 Å². The number of thiol groups is 1. The van der Waals surface area contributed by atoms with Crippen molar-refractivity contribution < 1.29 is 4.79 Å². The first-order chi connectivity index (χ1) is 6.15. The number of carbonyl (C=O) groups excluding carboxylic acids is 1. The number of hydrogen-bond acceptors (Lipinski definition) is 2. The van der Waals surface area contributed by atoms with Gasteiger partial charge in [-0.3, -0.25) is 4.79 Å². The average Bonchev–Trinajstić information content (AvgIpc) is 2.17. The predicted molar refractivity (Wildman–Crippen MR) is 58.0 cm³/mol. The van der Waals surface area contributed by atoms with Crippen molar-refractivity contribution in [1.29, 1.82) is 0 Å². The van der Waals surface area contributed by atoms with Crippen LogP contribution in [-0.4, -0.2) is 29.6 Å². The molecule has 1 rings (SSSR count). The molecule has 0 spiro atoms. The number of carbonyl (C=O) groups is 1. The lowest BCUT2D eigenvalue weighted by atomic mass is 9.87. The monoisotopic (exact) mass is 201 g/mol. The van der Waals surface area contributed by atoms with E-state index in [0.717, 1.165) is 37.8 Å². The van der Waals surface area contributed by atoms with Gasteiger partial charge in [0, 0.05) is 13.1 Å². The molecule has 0 aromatic heterocycles. The van der Waals surface area contributed by atoms with Gasteiger partial charge >= 0.3 is 0 Å². The minimum absolute atomic E-state index is 0.186. The van der Waals surface area contributed by atoms with Gasteiger partial charge in [-0.05, 0) is 24.7 Å². The van der Waals surface area contributed by atoms with Gasteiger partial charge in [-0.15, -0.1) is 0 Å². The van der Waals surface area contributed by atoms with E-state index in [4.69, 9.17) is 0 Å². The van der Waals surface area contributed by atoms with Crippen molar-refractivity contribution in [1.82, 2.24) is 4.90 Å². The second-order valence-electron chi connectivity index (χ2n) is 4.12. The van der Waals surface area contributed by atoms with Crippen molar-refractivity contribution in [2.75, 3.05) is 18.8 Å². The maximum atomic E-state index is 11.3. The molecule has 13 heavy (non-hydrogen) atoms. The van der Waals surface area contributed by atoms with Crippen molar-refractivity contribution in [2.24, 2.45) is 11.8 Å². The van der Waals surface area contributed by atoms with Crippen LogP contribution < -0.4 is 0 Å². The zero-order chi connectivity index (χ0) is 9.84. The Balaban J connectivity index is 2.34. The second-order valence-corrected chi connectivity index (χ2v) is 4.44. The lowest BCUT2D eigenvalue weighted by Crippen LogP contribution is -2.40. The van der Waals surface area contributed by atoms with E-state index in [2.05, 4.69) is 26.5 Å². The van der Waals surface area contributed by atoms with E-state index in [1.807, 2.05) is 4.90 Å². The lowest BCUT2D eigenvalue weighted by Gasteiger charge is -2.33. The lowest BCUT2D eigenvalue weighted by molar-refractivity contribution is -0.129. The molecule has 1 amide bonds. The van der Waals surface area contributed by atoms with Gasteiger partial charge in [-0.25, -0.2) is 0 Å². The van der Waals surface area contributed by atoms with Gasteiger partial charge in [0.15, 0.2) is 0 Å². The van der Waals surface area contributed by atoms with Gasteiger partial charge in [0.1, 0.15) is 0 Å². The van der Waals surface area contributed by atoms with Crippen molar-refractivity contribution in [3.05, 3.63) is 0 Å². The van der Waals surface area contributed by atoms with Gasteiger partial charge in [0.2, 0.25) is 5.91 Å². The smallest absolute Gasteiger partial charge is 0.232 e. The van der Waals surface area contributed by atoms with Crippen molar-refractivity contribution >= 4 is 18.5 Å². The van der Waals surface area contributed by atoms with Crippen LogP contribution in [0.1, 0.15) is 26.7 Å². The molecule has 1 fully saturated rings. The average molecular weight is 201 g/mol. The molecule has 2 nitrogen and oxygen atoms in total. The number of rotatable bonds is 2. The van der Waals surface area contributed by atoms with E-state index in [-0.39, 0.29) is 5.91 Å². The molecule has 0 aromatic carbocycles. The zero-order valence-electron chi connectivity index (χ0n) is 8.49. The van der Waals surface area contributed by atoms with Crippen LogP contribution in [0.4, 0.5) is 0 Å². The van der Waals surface area contributed by atoms with E-state index in [0.29, 0.717) is 5.75 Å². The maximum Gasteiger partial charge on any atom is 0.232 e. The van der Waals surface area contributed by atoms with Crippen LogP contribution in [0.15, 0.2) is 0 Å². The highest BCUT2D eigenvalue weighted by atomic mass is 32.1. The highest BCUT2D eigenvalue weighted by Crippen LogP contribution is 2.24. The number of nitrogens with zero attached hydrogens (tertiary/aromatic N) is 1. The summed E-state index contributed by atoms with van der Waals surface area (Å²) in [6.45, 7) is 6.39. The summed E-state index contributed by atoms with van der Waals surface area (Å²) in [5, 5.41) is 0. The Kier molecular flexibility index (Phi) is 4.10. The fourth-order valence-corrected chi connectivity index (χ4v) is 2.12. The fraction of sp³-hybridized carbons (Fsp3) is 0.900. The molecule has 0 aliphatic carbocycles. The number of likely N-dealkylation sites (tertiary alicyclic amines) is 1. The Morgan fingerprint density at radius 3 is 2.38 bits per heavy atom. The standard InChI is InChI=1S/C10H19NOS/c1-8(2)9-3-5-11(6-4-9)10(12)7-13/h8-9,13H,3-7H2,1-2H3. The van der Waals surface area contributed by atoms with Crippen LogP contribution in [0, 0.1) is 11.8 Å². The van der Waals surface area contributed by atoms with Crippen LogP contribution in [0.2, 0.25) is 0 Å². The molecule has 0 N–H and O–H groups in total. The summed E-state index contributed by atoms with van der Waals surface area (Å²) in [6, 6.07) is 0. The molecule has 0 radical (unpaired) electrons. The van der Waals surface area contributed by atoms with E-state index in [9.17, 15) is 4.79 Å². The summed E-state index contributed by atoms with van der Waals surface area (Å²) in [7, 11) is 0. The van der Waals surface area contributed by atoms with Crippen molar-refractivity contribution in [2.45, 2.75) is 26.7 Å². The van der Waals surface area contributed by atoms with Gasteiger partial charge < -0.3 is 4.90 Å². The Labute approximate surface area is 86.1 Å². The molecular weight excluding hydrogens is 182 g/mol. The van der Waals surface area contributed by atoms with E-state index in [1.165, 1.54) is 0 Å². The Bertz CT molecular complexity index is 174. The highest BCUT2D eigenvalue weighted by Gasteiger charge is 2.23. The third-order valence-corrected chi connectivity index (χ3v) is 3.24. The normalized spacial score (nSPS) is 19.5. The van der Waals surface area contributed by atoms with Gasteiger partial charge in [-0.1, -0.05) is 13.8 Å². The third kappa shape index (κ3) is 2.90. The summed E-state index contributed by atoms with van der Waals surface area (Å²) >= 11 is 4.00. The summed E-state index contributed by atoms with van der Waals surface area (Å²) in [4.78, 5) is 13.2. The summed E-state index contributed by atoms with van der Waals surface area (Å²) in [5.74, 6) is 2.11. The fourth-order valence-electron chi connectivity index (χ4n) is 1.92. The summed E-state index contributed by atoms with van der Waals surface area (Å²) in [5.41, 5.74) is 0. The first-order valence-electron chi connectivity index (χ1n) is 5.03. The van der Waals surface area contributed by atoms with Gasteiger partial charge in [0.25, 0.3) is 0 Å². The Morgan fingerprint density at radius 2 is 2.00 bits per heavy atom. The van der Waals surface area contributed by atoms with Crippen molar-refractivity contribution in [3.63, 3.8) is 0 Å². The quantitative estimate of drug-likeness (QED) is 0.676. The van der Waals surface area contributed by atoms with Crippen LogP contribution in [0.25, 0.3) is 0 Å². The summed E-state index contributed by atoms with van der Waals surface area (Å²) < 4.78 is 0. The van der Waals surface area contributed by atoms with E-state index in [1.54, 1.807) is 0 Å². The SMILES string of the molecule is CC(C)C1CCN(C(=O)CS)CC1. The first-order valence-corrected chi connectivity index (χ1v) is 5.67. The summed E-state index contributed by atoms with van der Waals surface area (Å²) in [6.07, 6.45) is 2.33. The molecule has 0 saturated carbocycles. The molecule has 3 heteroatoms. The molecular formula is C10H19NOS. The molecule has 0 aromatic rings. The molecule has 1 saturated heterocycles. The van der Waals surface area contributed by atoms with E-state index >= 15 is 0 Å². The molecule has 0 atom stereocenters. The van der Waals surface area contributed by atoms with Gasteiger partial charge in [0.05, 0.1) is 5.75 Å². The second kappa shape index (κ2) is 4.89. The number of hydrogen-bond donors (Lipinski definition) is 1. The molecule has 0 bridgehead atoms. The molecule has 0 unspecified atom stereocenters. The van der Waals surface area contributed by atoms with Crippen LogP contribution in [0.5, 0.6) is 0 Å². The minimum Gasteiger partial charge on any atom is -0.342 e. The largest absolute Gasteiger partial charge is 0.342 e. The maximum absolute atomic E-state index is 11.3. The zero-order valence-corrected chi connectivity index (χ0v) is 9.39.